The minimum Gasteiger partial charge on any atom is -0.495 e. The van der Waals surface area contributed by atoms with E-state index in [0.717, 1.165) is 5.56 Å². The van der Waals surface area contributed by atoms with Crippen molar-refractivity contribution >= 4 is 23.2 Å². The zero-order valence-electron chi connectivity index (χ0n) is 15.8. The second-order valence-electron chi connectivity index (χ2n) is 7.05. The maximum Gasteiger partial charge on any atom is 0.240 e. The van der Waals surface area contributed by atoms with Gasteiger partial charge in [0, 0.05) is 11.8 Å². The summed E-state index contributed by atoms with van der Waals surface area (Å²) in [6.45, 7) is 2.90. The van der Waals surface area contributed by atoms with Gasteiger partial charge >= 0.3 is 0 Å². The number of benzene rings is 2. The third-order valence-corrected chi connectivity index (χ3v) is 5.02. The molecule has 7 nitrogen and oxygen atoms in total. The zero-order chi connectivity index (χ0) is 19.7. The molecule has 0 bridgehead atoms. The number of ether oxygens (including phenoxy) is 3. The van der Waals surface area contributed by atoms with Gasteiger partial charge in [-0.25, -0.2) is 0 Å². The van der Waals surface area contributed by atoms with Crippen molar-refractivity contribution in [2.75, 3.05) is 31.0 Å². The molecule has 146 valence electrons. The average molecular weight is 382 g/mol. The van der Waals surface area contributed by atoms with Crippen LogP contribution in [0.5, 0.6) is 17.2 Å². The monoisotopic (exact) mass is 382 g/mol. The minimum absolute atomic E-state index is 0.326. The molecular weight excluding hydrogens is 360 g/mol. The number of aryl methyl sites for hydroxylation is 1. The van der Waals surface area contributed by atoms with Gasteiger partial charge in [0.25, 0.3) is 0 Å². The predicted molar refractivity (Wildman–Crippen MR) is 104 cm³/mol. The van der Waals surface area contributed by atoms with Crippen LogP contribution in [0.1, 0.15) is 18.4 Å². The van der Waals surface area contributed by atoms with Crippen LogP contribution in [0.25, 0.3) is 0 Å². The van der Waals surface area contributed by atoms with Gasteiger partial charge in [-0.1, -0.05) is 6.07 Å². The van der Waals surface area contributed by atoms with Crippen molar-refractivity contribution in [3.8, 4) is 17.2 Å². The van der Waals surface area contributed by atoms with Crippen LogP contribution in [-0.4, -0.2) is 32.1 Å². The fraction of sp³-hybridized carbons (Fsp3) is 0.333. The summed E-state index contributed by atoms with van der Waals surface area (Å²) in [6.07, 6.45) is 1.01. The van der Waals surface area contributed by atoms with Crippen molar-refractivity contribution in [2.45, 2.75) is 19.8 Å². The molecule has 7 heteroatoms. The normalized spacial score (nSPS) is 16.1. The Morgan fingerprint density at radius 1 is 0.964 bits per heavy atom. The third-order valence-electron chi connectivity index (χ3n) is 5.02. The summed E-state index contributed by atoms with van der Waals surface area (Å²) in [7, 11) is 1.54. The van der Waals surface area contributed by atoms with Gasteiger partial charge in [-0.2, -0.15) is 0 Å². The first-order valence-electron chi connectivity index (χ1n) is 9.19. The van der Waals surface area contributed by atoms with Crippen LogP contribution in [0.15, 0.2) is 36.4 Å². The average Bonchev–Trinajstić information content (AvgIpc) is 3.50. The molecule has 0 aromatic heterocycles. The maximum atomic E-state index is 12.9. The van der Waals surface area contributed by atoms with Crippen LogP contribution in [0.2, 0.25) is 0 Å². The number of hydrogen-bond acceptors (Lipinski definition) is 5. The molecule has 1 saturated carbocycles. The van der Waals surface area contributed by atoms with E-state index in [2.05, 4.69) is 10.6 Å². The topological polar surface area (TPSA) is 85.9 Å². The van der Waals surface area contributed by atoms with Gasteiger partial charge in [0.2, 0.25) is 11.8 Å². The van der Waals surface area contributed by atoms with Crippen LogP contribution < -0.4 is 24.8 Å². The Bertz CT molecular complexity index is 936. The highest BCUT2D eigenvalue weighted by Gasteiger charge is 2.56. The van der Waals surface area contributed by atoms with Gasteiger partial charge in [0.15, 0.2) is 11.5 Å². The standard InChI is InChI=1S/C21H22N2O5/c1-13-3-5-16(26-2)15(11-13)23-20(25)21(7-8-21)19(24)22-14-4-6-17-18(12-14)28-10-9-27-17/h3-6,11-12H,7-10H2,1-2H3,(H,22,24)(H,23,25). The lowest BCUT2D eigenvalue weighted by Crippen LogP contribution is -2.35. The molecule has 1 fully saturated rings. The maximum absolute atomic E-state index is 12.9. The highest BCUT2D eigenvalue weighted by atomic mass is 16.6. The van der Waals surface area contributed by atoms with Gasteiger partial charge < -0.3 is 24.8 Å². The fourth-order valence-electron chi connectivity index (χ4n) is 3.22. The largest absolute Gasteiger partial charge is 0.495 e. The van der Waals surface area contributed by atoms with E-state index in [4.69, 9.17) is 14.2 Å². The van der Waals surface area contributed by atoms with Gasteiger partial charge in [-0.05, 0) is 49.6 Å². The molecule has 1 aliphatic heterocycles. The molecule has 0 radical (unpaired) electrons. The second-order valence-corrected chi connectivity index (χ2v) is 7.05. The van der Waals surface area contributed by atoms with E-state index in [0.29, 0.717) is 54.7 Å². The lowest BCUT2D eigenvalue weighted by molar-refractivity contribution is -0.131. The number of anilines is 2. The van der Waals surface area contributed by atoms with Crippen LogP contribution in [0, 0.1) is 12.3 Å². The van der Waals surface area contributed by atoms with Crippen molar-refractivity contribution in [1.82, 2.24) is 0 Å². The molecular formula is C21H22N2O5. The van der Waals surface area contributed by atoms with E-state index in [1.165, 1.54) is 0 Å². The highest BCUT2D eigenvalue weighted by molar-refractivity contribution is 6.17. The summed E-state index contributed by atoms with van der Waals surface area (Å²) in [5.74, 6) is 1.14. The number of amides is 2. The molecule has 28 heavy (non-hydrogen) atoms. The van der Waals surface area contributed by atoms with Crippen molar-refractivity contribution in [3.63, 3.8) is 0 Å². The van der Waals surface area contributed by atoms with Crippen molar-refractivity contribution in [3.05, 3.63) is 42.0 Å². The highest BCUT2D eigenvalue weighted by Crippen LogP contribution is 2.48. The first-order valence-corrected chi connectivity index (χ1v) is 9.19. The first kappa shape index (κ1) is 18.2. The molecule has 0 unspecified atom stereocenters. The van der Waals surface area contributed by atoms with E-state index in [-0.39, 0.29) is 11.8 Å². The summed E-state index contributed by atoms with van der Waals surface area (Å²) in [6, 6.07) is 10.7. The fourth-order valence-corrected chi connectivity index (χ4v) is 3.22. The number of rotatable bonds is 5. The predicted octanol–water partition coefficient (Wildman–Crippen LogP) is 3.13. The molecule has 0 atom stereocenters. The molecule has 2 aromatic carbocycles. The lowest BCUT2D eigenvalue weighted by atomic mass is 10.0. The van der Waals surface area contributed by atoms with Crippen LogP contribution >= 0.6 is 0 Å². The summed E-state index contributed by atoms with van der Waals surface area (Å²) in [5, 5.41) is 5.69. The summed E-state index contributed by atoms with van der Waals surface area (Å²) in [4.78, 5) is 25.7. The lowest BCUT2D eigenvalue weighted by Gasteiger charge is -2.20. The zero-order valence-corrected chi connectivity index (χ0v) is 15.8. The molecule has 0 saturated heterocycles. The Hall–Kier alpha value is -3.22. The number of hydrogen-bond donors (Lipinski definition) is 2. The van der Waals surface area contributed by atoms with Crippen molar-refractivity contribution in [1.29, 1.82) is 0 Å². The molecule has 2 aromatic rings. The van der Waals surface area contributed by atoms with Gasteiger partial charge in [0.1, 0.15) is 24.4 Å². The Labute approximate surface area is 163 Å². The number of carbonyl (C=O) groups excluding carboxylic acids is 2. The van der Waals surface area contributed by atoms with Crippen molar-refractivity contribution in [2.24, 2.45) is 5.41 Å². The van der Waals surface area contributed by atoms with Crippen LogP contribution in [-0.2, 0) is 9.59 Å². The number of methoxy groups -OCH3 is 1. The second kappa shape index (κ2) is 7.07. The van der Waals surface area contributed by atoms with E-state index < -0.39 is 5.41 Å². The molecule has 4 rings (SSSR count). The quantitative estimate of drug-likeness (QED) is 0.776. The van der Waals surface area contributed by atoms with Crippen molar-refractivity contribution < 1.29 is 23.8 Å². The van der Waals surface area contributed by atoms with E-state index in [9.17, 15) is 9.59 Å². The summed E-state index contributed by atoms with van der Waals surface area (Å²) in [5.41, 5.74) is 1.05. The Balaban J connectivity index is 1.48. The summed E-state index contributed by atoms with van der Waals surface area (Å²) >= 11 is 0. The van der Waals surface area contributed by atoms with Gasteiger partial charge in [-0.15, -0.1) is 0 Å². The molecule has 1 heterocycles. The smallest absolute Gasteiger partial charge is 0.240 e. The van der Waals surface area contributed by atoms with E-state index in [1.807, 2.05) is 19.1 Å². The molecule has 2 N–H and O–H groups in total. The number of carbonyl (C=O) groups is 2. The van der Waals surface area contributed by atoms with Gasteiger partial charge in [-0.3, -0.25) is 9.59 Å². The SMILES string of the molecule is COc1ccc(C)cc1NC(=O)C1(C(=O)Nc2ccc3c(c2)OCCO3)CC1. The number of nitrogens with one attached hydrogen (secondary N) is 2. The number of fused-ring (bicyclic) bond motifs is 1. The Morgan fingerprint density at radius 3 is 2.39 bits per heavy atom. The van der Waals surface area contributed by atoms with E-state index in [1.54, 1.807) is 31.4 Å². The van der Waals surface area contributed by atoms with Crippen LogP contribution in [0.3, 0.4) is 0 Å². The van der Waals surface area contributed by atoms with Gasteiger partial charge in [0.05, 0.1) is 12.8 Å². The van der Waals surface area contributed by atoms with Crippen LogP contribution in [0.4, 0.5) is 11.4 Å². The van der Waals surface area contributed by atoms with E-state index >= 15 is 0 Å². The summed E-state index contributed by atoms with van der Waals surface area (Å²) < 4.78 is 16.3. The minimum atomic E-state index is -1.07. The Morgan fingerprint density at radius 2 is 1.68 bits per heavy atom. The first-order chi connectivity index (χ1) is 13.5. The Kier molecular flexibility index (Phi) is 4.58. The molecule has 2 aliphatic rings. The molecule has 2 amide bonds. The molecule has 0 spiro atoms. The molecule has 1 aliphatic carbocycles. The third kappa shape index (κ3) is 3.35.